The summed E-state index contributed by atoms with van der Waals surface area (Å²) in [6.45, 7) is 4.78. The van der Waals surface area contributed by atoms with Crippen LogP contribution in [0.3, 0.4) is 0 Å². The average Bonchev–Trinajstić information content (AvgIpc) is 2.92. The van der Waals surface area contributed by atoms with Crippen molar-refractivity contribution >= 4 is 0 Å². The van der Waals surface area contributed by atoms with Gasteiger partial charge in [0.15, 0.2) is 11.5 Å². The summed E-state index contributed by atoms with van der Waals surface area (Å²) in [4.78, 5) is 2.47. The Morgan fingerprint density at radius 2 is 1.79 bits per heavy atom. The molecular weight excluding hydrogens is 369 g/mol. The predicted molar refractivity (Wildman–Crippen MR) is 111 cm³/mol. The van der Waals surface area contributed by atoms with E-state index in [1.54, 1.807) is 25.3 Å². The summed E-state index contributed by atoms with van der Waals surface area (Å²) >= 11 is 0. The van der Waals surface area contributed by atoms with Crippen LogP contribution >= 0.6 is 0 Å². The Bertz CT molecular complexity index is 855. The third-order valence-corrected chi connectivity index (χ3v) is 6.25. The molecule has 0 unspecified atom stereocenters. The second-order valence-electron chi connectivity index (χ2n) is 8.63. The van der Waals surface area contributed by atoms with Crippen LogP contribution in [0.4, 0.5) is 4.39 Å². The lowest BCUT2D eigenvalue weighted by molar-refractivity contribution is -0.0615. The van der Waals surface area contributed by atoms with Gasteiger partial charge < -0.3 is 14.6 Å². The zero-order valence-corrected chi connectivity index (χ0v) is 17.4. The van der Waals surface area contributed by atoms with E-state index in [2.05, 4.69) is 11.0 Å². The molecule has 0 saturated carbocycles. The van der Waals surface area contributed by atoms with Gasteiger partial charge in [-0.15, -0.1) is 0 Å². The molecule has 2 aromatic carbocycles. The Balaban J connectivity index is 1.52. The highest BCUT2D eigenvalue weighted by Gasteiger charge is 2.48. The average molecular weight is 400 g/mol. The summed E-state index contributed by atoms with van der Waals surface area (Å²) in [5.74, 6) is 1.18. The Kier molecular flexibility index (Phi) is 5.54. The van der Waals surface area contributed by atoms with E-state index in [1.165, 1.54) is 6.07 Å². The van der Waals surface area contributed by atoms with Crippen molar-refractivity contribution in [3.63, 3.8) is 0 Å². The van der Waals surface area contributed by atoms with Gasteiger partial charge in [0, 0.05) is 24.2 Å². The lowest BCUT2D eigenvalue weighted by Gasteiger charge is -2.44. The van der Waals surface area contributed by atoms with E-state index in [9.17, 15) is 9.50 Å². The van der Waals surface area contributed by atoms with Gasteiger partial charge in [0.2, 0.25) is 0 Å². The van der Waals surface area contributed by atoms with Crippen LogP contribution in [0.1, 0.15) is 50.7 Å². The molecule has 29 heavy (non-hydrogen) atoms. The van der Waals surface area contributed by atoms with E-state index >= 15 is 0 Å². The molecule has 0 aromatic heterocycles. The zero-order chi connectivity index (χ0) is 20.6. The Labute approximate surface area is 172 Å². The number of aliphatic hydroxyl groups is 1. The molecule has 1 N–H and O–H groups in total. The number of nitrogens with zero attached hydrogens (tertiary/aromatic N) is 1. The van der Waals surface area contributed by atoms with Gasteiger partial charge >= 0.3 is 0 Å². The van der Waals surface area contributed by atoms with Crippen molar-refractivity contribution in [2.75, 3.05) is 7.11 Å². The van der Waals surface area contributed by atoms with Crippen LogP contribution < -0.4 is 9.47 Å². The highest BCUT2D eigenvalue weighted by molar-refractivity contribution is 5.43. The quantitative estimate of drug-likeness (QED) is 0.769. The summed E-state index contributed by atoms with van der Waals surface area (Å²) in [5.41, 5.74) is 0.514. The molecule has 2 fully saturated rings. The second kappa shape index (κ2) is 7.96. The summed E-state index contributed by atoms with van der Waals surface area (Å²) in [6, 6.07) is 13.2. The molecule has 4 nitrogen and oxygen atoms in total. The lowest BCUT2D eigenvalue weighted by Crippen LogP contribution is -2.49. The first-order chi connectivity index (χ1) is 13.9. The van der Waals surface area contributed by atoms with E-state index in [0.29, 0.717) is 18.4 Å². The van der Waals surface area contributed by atoms with Crippen molar-refractivity contribution in [2.45, 2.75) is 69.9 Å². The second-order valence-corrected chi connectivity index (χ2v) is 8.63. The number of benzene rings is 2. The number of hydrogen-bond acceptors (Lipinski definition) is 4. The molecule has 0 radical (unpaired) electrons. The fourth-order valence-electron chi connectivity index (χ4n) is 5.01. The van der Waals surface area contributed by atoms with E-state index in [1.807, 2.05) is 26.0 Å². The van der Waals surface area contributed by atoms with Crippen LogP contribution in [0.15, 0.2) is 42.5 Å². The number of fused-ring (bicyclic) bond motifs is 2. The van der Waals surface area contributed by atoms with Crippen LogP contribution in [-0.4, -0.2) is 35.3 Å². The molecule has 2 bridgehead atoms. The van der Waals surface area contributed by atoms with Crippen molar-refractivity contribution in [3.05, 3.63) is 59.4 Å². The fraction of sp³-hybridized carbons (Fsp3) is 0.500. The summed E-state index contributed by atoms with van der Waals surface area (Å²) < 4.78 is 25.7. The van der Waals surface area contributed by atoms with Crippen LogP contribution in [0.2, 0.25) is 0 Å². The largest absolute Gasteiger partial charge is 0.493 e. The number of piperidine rings is 1. The predicted octanol–water partition coefficient (Wildman–Crippen LogP) is 4.64. The monoisotopic (exact) mass is 399 g/mol. The molecule has 4 rings (SSSR count). The van der Waals surface area contributed by atoms with Gasteiger partial charge in [-0.05, 0) is 63.3 Å². The SMILES string of the molecule is COc1cc(CN2[C@@H]3CC[C@@H]2CC(O)(c2ccccc2F)C3)ccc1OC(C)C. The highest BCUT2D eigenvalue weighted by atomic mass is 19.1. The maximum Gasteiger partial charge on any atom is 0.161 e. The number of hydrogen-bond donors (Lipinski definition) is 1. The first-order valence-corrected chi connectivity index (χ1v) is 10.5. The van der Waals surface area contributed by atoms with Gasteiger partial charge in [-0.25, -0.2) is 4.39 Å². The number of halogens is 1. The van der Waals surface area contributed by atoms with Gasteiger partial charge in [-0.1, -0.05) is 24.3 Å². The molecule has 5 heteroatoms. The van der Waals surface area contributed by atoms with Gasteiger partial charge in [-0.3, -0.25) is 4.90 Å². The Hall–Kier alpha value is -2.11. The zero-order valence-electron chi connectivity index (χ0n) is 17.4. The summed E-state index contributed by atoms with van der Waals surface area (Å²) in [5, 5.41) is 11.3. The molecule has 2 saturated heterocycles. The van der Waals surface area contributed by atoms with Gasteiger partial charge in [0.1, 0.15) is 5.82 Å². The van der Waals surface area contributed by atoms with Gasteiger partial charge in [0.25, 0.3) is 0 Å². The standard InChI is InChI=1S/C24H30FNO3/c1-16(2)29-22-11-8-17(12-23(22)28-3)15-26-18-9-10-19(26)14-24(27,13-18)20-6-4-5-7-21(20)25/h4-8,11-12,16,18-19,27H,9-10,13-15H2,1-3H3/t18-,19-/m1/s1. The topological polar surface area (TPSA) is 41.9 Å². The highest BCUT2D eigenvalue weighted by Crippen LogP contribution is 2.47. The fourth-order valence-corrected chi connectivity index (χ4v) is 5.01. The number of rotatable bonds is 6. The van der Waals surface area contributed by atoms with Crippen LogP contribution in [-0.2, 0) is 12.1 Å². The van der Waals surface area contributed by atoms with Crippen molar-refractivity contribution in [3.8, 4) is 11.5 Å². The van der Waals surface area contributed by atoms with Crippen molar-refractivity contribution < 1.29 is 19.0 Å². The first-order valence-electron chi connectivity index (χ1n) is 10.5. The van der Waals surface area contributed by atoms with Crippen molar-refractivity contribution in [1.29, 1.82) is 0 Å². The van der Waals surface area contributed by atoms with E-state index in [-0.39, 0.29) is 24.0 Å². The third-order valence-electron chi connectivity index (χ3n) is 6.25. The van der Waals surface area contributed by atoms with Crippen molar-refractivity contribution in [2.24, 2.45) is 0 Å². The number of ether oxygens (including phenoxy) is 2. The first kappa shape index (κ1) is 20.2. The Morgan fingerprint density at radius 1 is 1.10 bits per heavy atom. The molecule has 2 atom stereocenters. The molecule has 2 heterocycles. The van der Waals surface area contributed by atoms with Crippen LogP contribution in [0.25, 0.3) is 0 Å². The molecule has 2 aliphatic heterocycles. The number of methoxy groups -OCH3 is 1. The lowest BCUT2D eigenvalue weighted by atomic mass is 9.80. The van der Waals surface area contributed by atoms with Crippen LogP contribution in [0.5, 0.6) is 11.5 Å². The maximum absolute atomic E-state index is 14.4. The summed E-state index contributed by atoms with van der Waals surface area (Å²) in [7, 11) is 1.66. The van der Waals surface area contributed by atoms with E-state index in [0.717, 1.165) is 36.4 Å². The molecule has 0 spiro atoms. The molecule has 0 amide bonds. The smallest absolute Gasteiger partial charge is 0.161 e. The minimum atomic E-state index is -1.08. The van der Waals surface area contributed by atoms with Crippen molar-refractivity contribution in [1.82, 2.24) is 4.90 Å². The normalized spacial score (nSPS) is 26.7. The molecule has 2 aliphatic rings. The maximum atomic E-state index is 14.4. The molecule has 2 aromatic rings. The molecular formula is C24H30FNO3. The van der Waals surface area contributed by atoms with E-state index in [4.69, 9.17) is 9.47 Å². The summed E-state index contributed by atoms with van der Waals surface area (Å²) in [6.07, 6.45) is 3.29. The third kappa shape index (κ3) is 3.99. The molecule has 0 aliphatic carbocycles. The Morgan fingerprint density at radius 3 is 2.41 bits per heavy atom. The van der Waals surface area contributed by atoms with Gasteiger partial charge in [0.05, 0.1) is 18.8 Å². The van der Waals surface area contributed by atoms with Crippen LogP contribution in [0, 0.1) is 5.82 Å². The minimum Gasteiger partial charge on any atom is -0.493 e. The van der Waals surface area contributed by atoms with E-state index < -0.39 is 5.60 Å². The van der Waals surface area contributed by atoms with Gasteiger partial charge in [-0.2, -0.15) is 0 Å². The molecule has 156 valence electrons. The minimum absolute atomic E-state index is 0.0868.